The molecule has 4 heterocycles. The molecule has 40 heavy (non-hydrogen) atoms. The Kier molecular flexibility index (Phi) is 7.99. The minimum absolute atomic E-state index is 0.0348. The second-order valence-corrected chi connectivity index (χ2v) is 10.0. The average Bonchev–Trinajstić information content (AvgIpc) is 2.95. The minimum Gasteiger partial charge on any atom is -0.497 e. The third kappa shape index (κ3) is 6.24. The van der Waals surface area contributed by atoms with Crippen LogP contribution >= 0.6 is 0 Å². The van der Waals surface area contributed by atoms with E-state index < -0.39 is 17.8 Å². The number of aromatic nitrogens is 2. The molecular weight excluding hydrogens is 527 g/mol. The summed E-state index contributed by atoms with van der Waals surface area (Å²) in [6.07, 6.45) is 0.722. The fourth-order valence-corrected chi connectivity index (χ4v) is 5.26. The summed E-state index contributed by atoms with van der Waals surface area (Å²) in [7, 11) is 1.58. The zero-order chi connectivity index (χ0) is 28.3. The number of nitrogens with zero attached hydrogens (tertiary/aromatic N) is 3. The maximum Gasteiger partial charge on any atom is 0.433 e. The summed E-state index contributed by atoms with van der Waals surface area (Å²) in [5.41, 5.74) is 2.15. The number of halogens is 3. The molecule has 3 aromatic rings. The molecule has 2 aliphatic rings. The Bertz CT molecular complexity index is 1340. The van der Waals surface area contributed by atoms with Crippen LogP contribution in [-0.2, 0) is 11.0 Å². The lowest BCUT2D eigenvalue weighted by Crippen LogP contribution is -2.35. The van der Waals surface area contributed by atoms with E-state index in [9.17, 15) is 23.1 Å². The fraction of sp³-hybridized carbons (Fsp3) is 0.414. The van der Waals surface area contributed by atoms with E-state index in [4.69, 9.17) is 14.2 Å². The van der Waals surface area contributed by atoms with Gasteiger partial charge in [0.05, 0.1) is 32.9 Å². The van der Waals surface area contributed by atoms with Crippen molar-refractivity contribution in [2.75, 3.05) is 38.3 Å². The van der Waals surface area contributed by atoms with Crippen LogP contribution in [0, 0.1) is 5.92 Å². The van der Waals surface area contributed by atoms with Crippen LogP contribution in [0.15, 0.2) is 48.8 Å². The number of hydrogen-bond acceptors (Lipinski definition) is 7. The molecule has 5 rings (SSSR count). The molecule has 0 saturated carbocycles. The van der Waals surface area contributed by atoms with Crippen molar-refractivity contribution in [1.29, 1.82) is 0 Å². The first-order valence-corrected chi connectivity index (χ1v) is 13.1. The Morgan fingerprint density at radius 1 is 1.10 bits per heavy atom. The lowest BCUT2D eigenvalue weighted by molar-refractivity contribution is -0.141. The van der Waals surface area contributed by atoms with E-state index in [1.54, 1.807) is 25.4 Å². The van der Waals surface area contributed by atoms with Gasteiger partial charge in [0.15, 0.2) is 0 Å². The SMILES string of the molecule is COc1ccc(-c2ccc(C(F)(F)F)nc2)c(N2CCC(COc3cc4c(cn3)OCCC4CC(=O)O)CC2)c1. The molecule has 1 atom stereocenters. The smallest absolute Gasteiger partial charge is 0.433 e. The van der Waals surface area contributed by atoms with Crippen molar-refractivity contribution >= 4 is 11.7 Å². The van der Waals surface area contributed by atoms with Crippen LogP contribution in [0.25, 0.3) is 11.1 Å². The Morgan fingerprint density at radius 3 is 2.58 bits per heavy atom. The van der Waals surface area contributed by atoms with E-state index >= 15 is 0 Å². The molecule has 1 fully saturated rings. The van der Waals surface area contributed by atoms with Gasteiger partial charge in [-0.3, -0.25) is 9.78 Å². The molecule has 11 heteroatoms. The number of pyridine rings is 2. The Balaban J connectivity index is 1.24. The van der Waals surface area contributed by atoms with E-state index in [0.717, 1.165) is 48.8 Å². The van der Waals surface area contributed by atoms with Gasteiger partial charge in [-0.25, -0.2) is 4.98 Å². The van der Waals surface area contributed by atoms with E-state index in [1.165, 1.54) is 12.3 Å². The standard InChI is InChI=1S/C29H30F3N3O5/c1-38-21-3-4-22(20-2-5-26(33-15-20)29(30,31)32)24(13-21)35-9-6-18(7-10-35)17-40-27-14-23-19(12-28(36)37)8-11-39-25(23)16-34-27/h2-5,13-16,18-19H,6-12,17H2,1H3,(H,36,37). The average molecular weight is 558 g/mol. The predicted octanol–water partition coefficient (Wildman–Crippen LogP) is 5.81. The first-order valence-electron chi connectivity index (χ1n) is 13.1. The highest BCUT2D eigenvalue weighted by atomic mass is 19.4. The fourth-order valence-electron chi connectivity index (χ4n) is 5.26. The van der Waals surface area contributed by atoms with Crippen molar-refractivity contribution in [3.8, 4) is 28.5 Å². The Morgan fingerprint density at radius 2 is 1.90 bits per heavy atom. The number of carboxylic acid groups (broad SMARTS) is 1. The maximum atomic E-state index is 13.0. The summed E-state index contributed by atoms with van der Waals surface area (Å²) < 4.78 is 56.1. The molecule has 8 nitrogen and oxygen atoms in total. The monoisotopic (exact) mass is 557 g/mol. The molecule has 0 amide bonds. The zero-order valence-corrected chi connectivity index (χ0v) is 22.0. The van der Waals surface area contributed by atoms with Crippen LogP contribution in [0.4, 0.5) is 18.9 Å². The molecule has 212 valence electrons. The lowest BCUT2D eigenvalue weighted by Gasteiger charge is -2.35. The van der Waals surface area contributed by atoms with Crippen LogP contribution in [0.3, 0.4) is 0 Å². The highest BCUT2D eigenvalue weighted by molar-refractivity contribution is 5.79. The summed E-state index contributed by atoms with van der Waals surface area (Å²) in [6.45, 7) is 2.40. The first kappa shape index (κ1) is 27.5. The molecule has 1 saturated heterocycles. The number of carboxylic acids is 1. The quantitative estimate of drug-likeness (QED) is 0.371. The molecule has 2 aliphatic heterocycles. The van der Waals surface area contributed by atoms with Crippen molar-refractivity contribution in [1.82, 2.24) is 9.97 Å². The summed E-state index contributed by atoms with van der Waals surface area (Å²) >= 11 is 0. The van der Waals surface area contributed by atoms with Gasteiger partial charge in [0.1, 0.15) is 17.2 Å². The molecule has 1 unspecified atom stereocenters. The van der Waals surface area contributed by atoms with Crippen molar-refractivity contribution in [2.24, 2.45) is 5.92 Å². The summed E-state index contributed by atoms with van der Waals surface area (Å²) in [5, 5.41) is 9.25. The number of piperidine rings is 1. The third-order valence-electron chi connectivity index (χ3n) is 7.45. The first-order chi connectivity index (χ1) is 19.2. The molecule has 1 N–H and O–H groups in total. The maximum absolute atomic E-state index is 13.0. The minimum atomic E-state index is -4.49. The van der Waals surface area contributed by atoms with Crippen LogP contribution < -0.4 is 19.1 Å². The van der Waals surface area contributed by atoms with Gasteiger partial charge >= 0.3 is 12.1 Å². The van der Waals surface area contributed by atoms with Gasteiger partial charge in [0.25, 0.3) is 0 Å². The highest BCUT2D eigenvalue weighted by Crippen LogP contribution is 2.39. The summed E-state index contributed by atoms with van der Waals surface area (Å²) in [4.78, 5) is 21.4. The van der Waals surface area contributed by atoms with E-state index in [1.807, 2.05) is 12.1 Å². The number of ether oxygens (including phenoxy) is 3. The highest BCUT2D eigenvalue weighted by Gasteiger charge is 2.32. The topological polar surface area (TPSA) is 94.0 Å². The number of anilines is 1. The predicted molar refractivity (Wildman–Crippen MR) is 141 cm³/mol. The molecule has 1 aromatic carbocycles. The van der Waals surface area contributed by atoms with Crippen LogP contribution in [0.1, 0.15) is 42.9 Å². The van der Waals surface area contributed by atoms with Crippen LogP contribution in [0.5, 0.6) is 17.4 Å². The number of rotatable bonds is 8. The normalized spacial score (nSPS) is 17.6. The van der Waals surface area contributed by atoms with E-state index in [2.05, 4.69) is 14.9 Å². The number of hydrogen-bond donors (Lipinski definition) is 1. The summed E-state index contributed by atoms with van der Waals surface area (Å²) in [6, 6.07) is 9.76. The lowest BCUT2D eigenvalue weighted by atomic mass is 9.91. The van der Waals surface area contributed by atoms with Gasteiger partial charge in [-0.1, -0.05) is 6.07 Å². The van der Waals surface area contributed by atoms with Gasteiger partial charge in [-0.15, -0.1) is 0 Å². The van der Waals surface area contributed by atoms with Crippen molar-refractivity contribution in [3.05, 3.63) is 60.0 Å². The second kappa shape index (κ2) is 11.6. The number of aliphatic carboxylic acids is 1. The van der Waals surface area contributed by atoms with Gasteiger partial charge in [-0.05, 0) is 43.4 Å². The molecule has 0 aliphatic carbocycles. The van der Waals surface area contributed by atoms with Crippen molar-refractivity contribution in [2.45, 2.75) is 37.8 Å². The zero-order valence-electron chi connectivity index (χ0n) is 22.0. The van der Waals surface area contributed by atoms with E-state index in [0.29, 0.717) is 42.6 Å². The third-order valence-corrected chi connectivity index (χ3v) is 7.45. The number of fused-ring (bicyclic) bond motifs is 1. The van der Waals surface area contributed by atoms with E-state index in [-0.39, 0.29) is 18.3 Å². The molecule has 2 aromatic heterocycles. The van der Waals surface area contributed by atoms with Crippen molar-refractivity contribution in [3.63, 3.8) is 0 Å². The molecule has 0 spiro atoms. The molecule has 0 bridgehead atoms. The summed E-state index contributed by atoms with van der Waals surface area (Å²) in [5.74, 6) is 1.02. The number of benzene rings is 1. The van der Waals surface area contributed by atoms with Gasteiger partial charge < -0.3 is 24.2 Å². The van der Waals surface area contributed by atoms with Crippen molar-refractivity contribution < 1.29 is 37.3 Å². The van der Waals surface area contributed by atoms with Gasteiger partial charge in [0.2, 0.25) is 5.88 Å². The number of methoxy groups -OCH3 is 1. The number of alkyl halides is 3. The van der Waals surface area contributed by atoms with Crippen LogP contribution in [-0.4, -0.2) is 54.5 Å². The Labute approximate surface area is 229 Å². The molecular formula is C29H30F3N3O5. The van der Waals surface area contributed by atoms with Crippen LogP contribution in [0.2, 0.25) is 0 Å². The molecule has 0 radical (unpaired) electrons. The van der Waals surface area contributed by atoms with Gasteiger partial charge in [0, 0.05) is 59.7 Å². The largest absolute Gasteiger partial charge is 0.497 e. The Hall–Kier alpha value is -4.02. The van der Waals surface area contributed by atoms with Gasteiger partial charge in [-0.2, -0.15) is 13.2 Å². The second-order valence-electron chi connectivity index (χ2n) is 10.0. The number of carbonyl (C=O) groups is 1.